The molecule has 0 saturated carbocycles. The summed E-state index contributed by atoms with van der Waals surface area (Å²) >= 11 is 0. The first kappa shape index (κ1) is 18.4. The Hall–Kier alpha value is -3.92. The van der Waals surface area contributed by atoms with Crippen LogP contribution < -0.4 is 4.74 Å². The number of carbonyl (C=O) groups excluding carboxylic acids is 1. The van der Waals surface area contributed by atoms with Crippen molar-refractivity contribution < 1.29 is 9.53 Å². The first-order chi connectivity index (χ1) is 14.2. The van der Waals surface area contributed by atoms with Gasteiger partial charge >= 0.3 is 0 Å². The second-order valence-electron chi connectivity index (χ2n) is 6.95. The van der Waals surface area contributed by atoms with Crippen molar-refractivity contribution in [2.24, 2.45) is 5.92 Å². The van der Waals surface area contributed by atoms with Gasteiger partial charge in [0.15, 0.2) is 0 Å². The van der Waals surface area contributed by atoms with Gasteiger partial charge in [-0.05, 0) is 29.7 Å². The average molecular weight is 385 g/mol. The first-order valence-corrected chi connectivity index (χ1v) is 9.27. The highest BCUT2D eigenvalue weighted by atomic mass is 16.5. The fourth-order valence-electron chi connectivity index (χ4n) is 3.18. The molecule has 1 atom stereocenters. The molecule has 0 radical (unpaired) electrons. The molecule has 7 heteroatoms. The largest absolute Gasteiger partial charge is 0.492 e. The van der Waals surface area contributed by atoms with Gasteiger partial charge in [-0.15, -0.1) is 0 Å². The lowest BCUT2D eigenvalue weighted by molar-refractivity contribution is -0.108. The molecule has 3 aromatic heterocycles. The number of carbonyl (C=O) groups is 1. The Morgan fingerprint density at radius 1 is 1.21 bits per heavy atom. The fourth-order valence-corrected chi connectivity index (χ4v) is 3.18. The maximum atomic E-state index is 10.6. The molecular weight excluding hydrogens is 366 g/mol. The molecule has 1 unspecified atom stereocenters. The van der Waals surface area contributed by atoms with Crippen molar-refractivity contribution in [2.75, 3.05) is 6.61 Å². The molecule has 0 aliphatic rings. The van der Waals surface area contributed by atoms with E-state index in [1.54, 1.807) is 18.5 Å². The van der Waals surface area contributed by atoms with Gasteiger partial charge in [-0.25, -0.2) is 4.98 Å². The molecule has 0 aliphatic carbocycles. The third-order valence-electron chi connectivity index (χ3n) is 4.80. The van der Waals surface area contributed by atoms with Crippen LogP contribution in [-0.2, 0) is 4.79 Å². The number of rotatable bonds is 7. The van der Waals surface area contributed by atoms with Crippen molar-refractivity contribution in [1.29, 1.82) is 5.26 Å². The molecule has 3 heterocycles. The number of aromatic nitrogens is 4. The van der Waals surface area contributed by atoms with Gasteiger partial charge in [0.05, 0.1) is 18.4 Å². The summed E-state index contributed by atoms with van der Waals surface area (Å²) in [5.74, 6) is 0.616. The van der Waals surface area contributed by atoms with E-state index in [1.165, 1.54) is 0 Å². The van der Waals surface area contributed by atoms with E-state index in [9.17, 15) is 10.1 Å². The minimum Gasteiger partial charge on any atom is -0.492 e. The standard InChI is InChI=1S/C22H19N5O2/c1-14(4-5-28)13-29-21-3-2-15(6-16(21)8-23)20-12-25-22-19(20)7-17(9-24-22)18-10-26-27-11-18/h2-3,5-7,9-12,14H,4,13H2,1H3,(H,24,25)(H,26,27). The normalized spacial score (nSPS) is 11.9. The molecule has 2 N–H and O–H groups in total. The minimum absolute atomic E-state index is 0.0970. The Morgan fingerprint density at radius 2 is 2.10 bits per heavy atom. The highest BCUT2D eigenvalue weighted by molar-refractivity contribution is 5.96. The van der Waals surface area contributed by atoms with Gasteiger partial charge in [-0.3, -0.25) is 5.10 Å². The molecule has 0 spiro atoms. The summed E-state index contributed by atoms with van der Waals surface area (Å²) in [6, 6.07) is 9.79. The van der Waals surface area contributed by atoms with Crippen LogP contribution in [0, 0.1) is 17.2 Å². The number of aldehydes is 1. The van der Waals surface area contributed by atoms with Gasteiger partial charge in [0.1, 0.15) is 23.8 Å². The number of ether oxygens (including phenoxy) is 1. The number of nitrogens with zero attached hydrogens (tertiary/aromatic N) is 3. The Bertz CT molecular complexity index is 1190. The molecule has 4 aromatic rings. The van der Waals surface area contributed by atoms with Gasteiger partial charge < -0.3 is 14.5 Å². The third kappa shape index (κ3) is 3.73. The number of hydrogen-bond acceptors (Lipinski definition) is 5. The number of aromatic amines is 2. The molecule has 144 valence electrons. The molecule has 0 fully saturated rings. The number of fused-ring (bicyclic) bond motifs is 1. The van der Waals surface area contributed by atoms with Crippen LogP contribution in [0.5, 0.6) is 5.75 Å². The zero-order valence-corrected chi connectivity index (χ0v) is 15.8. The van der Waals surface area contributed by atoms with Crippen molar-refractivity contribution in [3.05, 3.63) is 54.6 Å². The van der Waals surface area contributed by atoms with Crippen LogP contribution in [-0.4, -0.2) is 33.1 Å². The van der Waals surface area contributed by atoms with Gasteiger partial charge in [0, 0.05) is 47.1 Å². The van der Waals surface area contributed by atoms with Crippen molar-refractivity contribution in [3.8, 4) is 34.1 Å². The molecule has 29 heavy (non-hydrogen) atoms. The molecule has 1 aromatic carbocycles. The molecule has 0 bridgehead atoms. The van der Waals surface area contributed by atoms with Crippen LogP contribution in [0.3, 0.4) is 0 Å². The van der Waals surface area contributed by atoms with Crippen LogP contribution in [0.1, 0.15) is 18.9 Å². The topological polar surface area (TPSA) is 107 Å². The Labute approximate surface area is 167 Å². The summed E-state index contributed by atoms with van der Waals surface area (Å²) in [5.41, 5.74) is 4.99. The van der Waals surface area contributed by atoms with E-state index in [4.69, 9.17) is 4.74 Å². The number of benzene rings is 1. The smallest absolute Gasteiger partial charge is 0.137 e. The first-order valence-electron chi connectivity index (χ1n) is 9.27. The molecule has 0 amide bonds. The molecule has 0 saturated heterocycles. The number of nitriles is 1. The minimum atomic E-state index is 0.0970. The maximum Gasteiger partial charge on any atom is 0.137 e. The van der Waals surface area contributed by atoms with Crippen molar-refractivity contribution in [3.63, 3.8) is 0 Å². The summed E-state index contributed by atoms with van der Waals surface area (Å²) in [5, 5.41) is 17.3. The SMILES string of the molecule is CC(CC=O)COc1ccc(-c2c[nH]c3ncc(-c4cn[nH]c4)cc23)cc1C#N. The number of H-pyrrole nitrogens is 2. The van der Waals surface area contributed by atoms with Crippen LogP contribution in [0.4, 0.5) is 0 Å². The predicted octanol–water partition coefficient (Wildman–Crippen LogP) is 4.10. The van der Waals surface area contributed by atoms with Crippen LogP contribution in [0.2, 0.25) is 0 Å². The highest BCUT2D eigenvalue weighted by Gasteiger charge is 2.13. The van der Waals surface area contributed by atoms with E-state index >= 15 is 0 Å². The van der Waals surface area contributed by atoms with Crippen LogP contribution in [0.15, 0.2) is 49.1 Å². The van der Waals surface area contributed by atoms with Crippen molar-refractivity contribution in [1.82, 2.24) is 20.2 Å². The third-order valence-corrected chi connectivity index (χ3v) is 4.80. The number of pyridine rings is 1. The van der Waals surface area contributed by atoms with E-state index in [2.05, 4.69) is 32.3 Å². The zero-order valence-electron chi connectivity index (χ0n) is 15.8. The van der Waals surface area contributed by atoms with E-state index < -0.39 is 0 Å². The van der Waals surface area contributed by atoms with Gasteiger partial charge in [-0.2, -0.15) is 10.4 Å². The van der Waals surface area contributed by atoms with E-state index in [0.717, 1.165) is 39.6 Å². The lowest BCUT2D eigenvalue weighted by Crippen LogP contribution is -2.09. The zero-order chi connectivity index (χ0) is 20.2. The maximum absolute atomic E-state index is 10.6. The summed E-state index contributed by atoms with van der Waals surface area (Å²) in [7, 11) is 0. The van der Waals surface area contributed by atoms with Crippen LogP contribution >= 0.6 is 0 Å². The molecule has 4 rings (SSSR count). The Morgan fingerprint density at radius 3 is 2.86 bits per heavy atom. The molecule has 0 aliphatic heterocycles. The van der Waals surface area contributed by atoms with Crippen molar-refractivity contribution in [2.45, 2.75) is 13.3 Å². The van der Waals surface area contributed by atoms with E-state index in [1.807, 2.05) is 31.5 Å². The average Bonchev–Trinajstić information content (AvgIpc) is 3.42. The lowest BCUT2D eigenvalue weighted by Gasteiger charge is -2.12. The fraction of sp³-hybridized carbons (Fsp3) is 0.182. The Balaban J connectivity index is 1.67. The quantitative estimate of drug-likeness (QED) is 0.466. The second-order valence-corrected chi connectivity index (χ2v) is 6.95. The molecule has 7 nitrogen and oxygen atoms in total. The molecular formula is C22H19N5O2. The van der Waals surface area contributed by atoms with Crippen molar-refractivity contribution >= 4 is 17.3 Å². The second kappa shape index (κ2) is 7.98. The predicted molar refractivity (Wildman–Crippen MR) is 109 cm³/mol. The van der Waals surface area contributed by atoms with E-state index in [-0.39, 0.29) is 5.92 Å². The lowest BCUT2D eigenvalue weighted by atomic mass is 10.0. The summed E-state index contributed by atoms with van der Waals surface area (Å²) in [6.07, 6.45) is 8.57. The summed E-state index contributed by atoms with van der Waals surface area (Å²) in [6.45, 7) is 2.32. The highest BCUT2D eigenvalue weighted by Crippen LogP contribution is 2.33. The van der Waals surface area contributed by atoms with Gasteiger partial charge in [0.25, 0.3) is 0 Å². The summed E-state index contributed by atoms with van der Waals surface area (Å²) in [4.78, 5) is 18.3. The van der Waals surface area contributed by atoms with Crippen LogP contribution in [0.25, 0.3) is 33.3 Å². The van der Waals surface area contributed by atoms with E-state index in [0.29, 0.717) is 24.3 Å². The number of hydrogen-bond donors (Lipinski definition) is 2. The number of nitrogens with one attached hydrogen (secondary N) is 2. The summed E-state index contributed by atoms with van der Waals surface area (Å²) < 4.78 is 5.76. The van der Waals surface area contributed by atoms with Gasteiger partial charge in [-0.1, -0.05) is 13.0 Å². The Kier molecular flexibility index (Phi) is 5.08. The van der Waals surface area contributed by atoms with Gasteiger partial charge in [0.2, 0.25) is 0 Å². The monoisotopic (exact) mass is 385 g/mol.